The van der Waals surface area contributed by atoms with Crippen LogP contribution in [0.4, 0.5) is 0 Å². The van der Waals surface area contributed by atoms with E-state index in [1.165, 1.54) is 25.7 Å². The summed E-state index contributed by atoms with van der Waals surface area (Å²) in [4.78, 5) is 4.64. The van der Waals surface area contributed by atoms with Gasteiger partial charge in [0.1, 0.15) is 0 Å². The summed E-state index contributed by atoms with van der Waals surface area (Å²) in [7, 11) is 0. The van der Waals surface area contributed by atoms with Crippen molar-refractivity contribution < 1.29 is 4.74 Å². The molecule has 1 fully saturated rings. The number of nitrogens with one attached hydrogen (secondary N) is 2. The highest BCUT2D eigenvalue weighted by atomic mass is 16.5. The van der Waals surface area contributed by atoms with E-state index < -0.39 is 0 Å². The van der Waals surface area contributed by atoms with Crippen LogP contribution in [0.5, 0.6) is 0 Å². The molecule has 1 atom stereocenters. The van der Waals surface area contributed by atoms with Gasteiger partial charge in [0.25, 0.3) is 0 Å². The Balaban J connectivity index is 1.86. The number of guanidine groups is 1. The Morgan fingerprint density at radius 2 is 2.12 bits per heavy atom. The van der Waals surface area contributed by atoms with E-state index in [0.29, 0.717) is 24.1 Å². The van der Waals surface area contributed by atoms with Crippen LogP contribution >= 0.6 is 0 Å². The van der Waals surface area contributed by atoms with Gasteiger partial charge in [-0.2, -0.15) is 5.26 Å². The van der Waals surface area contributed by atoms with Gasteiger partial charge in [-0.15, -0.1) is 0 Å². The lowest BCUT2D eigenvalue weighted by Gasteiger charge is -2.24. The number of aliphatic imine (C=N–C) groups is 1. The van der Waals surface area contributed by atoms with E-state index >= 15 is 0 Å². The highest BCUT2D eigenvalue weighted by Gasteiger charge is 2.25. The van der Waals surface area contributed by atoms with E-state index in [1.54, 1.807) is 0 Å². The van der Waals surface area contributed by atoms with Gasteiger partial charge >= 0.3 is 0 Å². The molecular formula is C21H32N4O. The first-order valence-electron chi connectivity index (χ1n) is 9.89. The van der Waals surface area contributed by atoms with E-state index in [9.17, 15) is 0 Å². The Morgan fingerprint density at radius 1 is 1.31 bits per heavy atom. The van der Waals surface area contributed by atoms with Crippen molar-refractivity contribution in [3.8, 4) is 6.07 Å². The number of nitriles is 1. The standard InChI is InChI=1S/C21H32N4O/c1-3-23-21(25-16-18-9-7-8-17(14-18)15-22)24-13-12-20(26-4-2)19-10-5-6-11-19/h7-9,14,19-20H,3-6,10-13,16H2,1-2H3,(H2,23,24,25). The number of benzene rings is 1. The van der Waals surface area contributed by atoms with Gasteiger partial charge in [-0.25, -0.2) is 4.99 Å². The van der Waals surface area contributed by atoms with E-state index in [1.807, 2.05) is 24.3 Å². The lowest BCUT2D eigenvalue weighted by Crippen LogP contribution is -2.39. The molecule has 5 heteroatoms. The van der Waals surface area contributed by atoms with Crippen molar-refractivity contribution in [3.63, 3.8) is 0 Å². The minimum atomic E-state index is 0.352. The summed E-state index contributed by atoms with van der Waals surface area (Å²) in [5.41, 5.74) is 1.71. The average Bonchev–Trinajstić information content (AvgIpc) is 3.20. The molecule has 5 nitrogen and oxygen atoms in total. The van der Waals surface area contributed by atoms with Crippen molar-refractivity contribution in [1.82, 2.24) is 10.6 Å². The molecule has 2 N–H and O–H groups in total. The van der Waals surface area contributed by atoms with Gasteiger partial charge in [0.15, 0.2) is 5.96 Å². The van der Waals surface area contributed by atoms with Gasteiger partial charge < -0.3 is 15.4 Å². The first-order chi connectivity index (χ1) is 12.8. The van der Waals surface area contributed by atoms with Crippen molar-refractivity contribution in [2.24, 2.45) is 10.9 Å². The molecule has 2 rings (SSSR count). The van der Waals surface area contributed by atoms with Crippen LogP contribution in [0, 0.1) is 17.2 Å². The third-order valence-electron chi connectivity index (χ3n) is 4.85. The van der Waals surface area contributed by atoms with Crippen LogP contribution in [-0.4, -0.2) is 31.8 Å². The molecule has 26 heavy (non-hydrogen) atoms. The maximum Gasteiger partial charge on any atom is 0.191 e. The first-order valence-corrected chi connectivity index (χ1v) is 9.89. The molecule has 0 spiro atoms. The van der Waals surface area contributed by atoms with E-state index in [0.717, 1.165) is 37.6 Å². The topological polar surface area (TPSA) is 69.4 Å². The molecule has 0 saturated heterocycles. The van der Waals surface area contributed by atoms with Crippen LogP contribution in [-0.2, 0) is 11.3 Å². The van der Waals surface area contributed by atoms with Gasteiger partial charge in [-0.3, -0.25) is 0 Å². The largest absolute Gasteiger partial charge is 0.378 e. The van der Waals surface area contributed by atoms with Gasteiger partial charge in [-0.1, -0.05) is 25.0 Å². The Bertz CT molecular complexity index is 602. The minimum absolute atomic E-state index is 0.352. The van der Waals surface area contributed by atoms with Crippen LogP contribution < -0.4 is 10.6 Å². The third kappa shape index (κ3) is 6.68. The molecule has 1 aliphatic rings. The fourth-order valence-electron chi connectivity index (χ4n) is 3.58. The summed E-state index contributed by atoms with van der Waals surface area (Å²) in [5, 5.41) is 15.7. The molecule has 142 valence electrons. The van der Waals surface area contributed by atoms with Crippen molar-refractivity contribution in [2.75, 3.05) is 19.7 Å². The zero-order valence-electron chi connectivity index (χ0n) is 16.1. The molecule has 0 amide bonds. The van der Waals surface area contributed by atoms with Gasteiger partial charge in [0.05, 0.1) is 24.3 Å². The highest BCUT2D eigenvalue weighted by molar-refractivity contribution is 5.79. The molecule has 1 aromatic rings. The number of hydrogen-bond acceptors (Lipinski definition) is 3. The van der Waals surface area contributed by atoms with Crippen molar-refractivity contribution in [3.05, 3.63) is 35.4 Å². The monoisotopic (exact) mass is 356 g/mol. The van der Waals surface area contributed by atoms with Crippen LogP contribution in [0.2, 0.25) is 0 Å². The molecule has 0 aromatic heterocycles. The number of ether oxygens (including phenoxy) is 1. The van der Waals surface area contributed by atoms with Crippen LogP contribution in [0.1, 0.15) is 57.1 Å². The molecule has 1 unspecified atom stereocenters. The van der Waals surface area contributed by atoms with Crippen LogP contribution in [0.3, 0.4) is 0 Å². The van der Waals surface area contributed by atoms with Gasteiger partial charge in [-0.05, 0) is 56.7 Å². The zero-order chi connectivity index (χ0) is 18.6. The number of rotatable bonds is 9. The van der Waals surface area contributed by atoms with Crippen molar-refractivity contribution >= 4 is 5.96 Å². The zero-order valence-corrected chi connectivity index (χ0v) is 16.1. The summed E-state index contributed by atoms with van der Waals surface area (Å²) in [6.07, 6.45) is 6.64. The second kappa shape index (κ2) is 11.5. The molecule has 1 aliphatic carbocycles. The highest BCUT2D eigenvalue weighted by Crippen LogP contribution is 2.30. The Kier molecular flexibility index (Phi) is 8.99. The second-order valence-electron chi connectivity index (χ2n) is 6.76. The van der Waals surface area contributed by atoms with Crippen molar-refractivity contribution in [2.45, 2.75) is 58.6 Å². The third-order valence-corrected chi connectivity index (χ3v) is 4.85. The Morgan fingerprint density at radius 3 is 2.81 bits per heavy atom. The lowest BCUT2D eigenvalue weighted by molar-refractivity contribution is 0.0169. The van der Waals surface area contributed by atoms with E-state index in [2.05, 4.69) is 35.5 Å². The lowest BCUT2D eigenvalue weighted by atomic mass is 9.98. The molecular weight excluding hydrogens is 324 g/mol. The summed E-state index contributed by atoms with van der Waals surface area (Å²) in [6, 6.07) is 9.77. The van der Waals surface area contributed by atoms with Crippen molar-refractivity contribution in [1.29, 1.82) is 5.26 Å². The van der Waals surface area contributed by atoms with Crippen LogP contribution in [0.25, 0.3) is 0 Å². The SMILES string of the molecule is CCNC(=NCc1cccc(C#N)c1)NCCC(OCC)C1CCCC1. The smallest absolute Gasteiger partial charge is 0.191 e. The quantitative estimate of drug-likeness (QED) is 0.524. The van der Waals surface area contributed by atoms with Gasteiger partial charge in [0.2, 0.25) is 0 Å². The number of hydrogen-bond donors (Lipinski definition) is 2. The Labute approximate surface area is 157 Å². The fraction of sp³-hybridized carbons (Fsp3) is 0.619. The molecule has 0 aliphatic heterocycles. The van der Waals surface area contributed by atoms with E-state index in [-0.39, 0.29) is 0 Å². The summed E-state index contributed by atoms with van der Waals surface area (Å²) in [5.74, 6) is 1.53. The molecule has 1 saturated carbocycles. The second-order valence-corrected chi connectivity index (χ2v) is 6.76. The van der Waals surface area contributed by atoms with Crippen LogP contribution in [0.15, 0.2) is 29.3 Å². The predicted octanol–water partition coefficient (Wildman–Crippen LogP) is 3.60. The molecule has 0 radical (unpaired) electrons. The maximum atomic E-state index is 9.00. The summed E-state index contributed by atoms with van der Waals surface area (Å²) >= 11 is 0. The van der Waals surface area contributed by atoms with Gasteiger partial charge in [0, 0.05) is 19.7 Å². The molecule has 0 bridgehead atoms. The predicted molar refractivity (Wildman–Crippen MR) is 106 cm³/mol. The first kappa shape index (κ1) is 20.3. The summed E-state index contributed by atoms with van der Waals surface area (Å²) in [6.45, 7) is 7.16. The minimum Gasteiger partial charge on any atom is -0.378 e. The normalized spacial score (nSPS) is 16.3. The summed E-state index contributed by atoms with van der Waals surface area (Å²) < 4.78 is 5.99. The number of nitrogens with zero attached hydrogens (tertiary/aromatic N) is 2. The molecule has 0 heterocycles. The fourth-order valence-corrected chi connectivity index (χ4v) is 3.58. The maximum absolute atomic E-state index is 9.00. The molecule has 1 aromatic carbocycles. The average molecular weight is 357 g/mol. The van der Waals surface area contributed by atoms with E-state index in [4.69, 9.17) is 10.00 Å². The Hall–Kier alpha value is -2.06.